The second-order valence-electron chi connectivity index (χ2n) is 5.49. The molecule has 1 saturated heterocycles. The van der Waals surface area contributed by atoms with Gasteiger partial charge in [-0.25, -0.2) is 0 Å². The van der Waals surface area contributed by atoms with Crippen molar-refractivity contribution in [2.75, 3.05) is 6.54 Å². The van der Waals surface area contributed by atoms with Crippen molar-refractivity contribution < 1.29 is 0 Å². The van der Waals surface area contributed by atoms with Crippen molar-refractivity contribution in [2.24, 2.45) is 5.92 Å². The summed E-state index contributed by atoms with van der Waals surface area (Å²) < 4.78 is 0. The van der Waals surface area contributed by atoms with Crippen LogP contribution in [0, 0.1) is 5.92 Å². The fourth-order valence-corrected chi connectivity index (χ4v) is 3.32. The molecule has 0 spiro atoms. The van der Waals surface area contributed by atoms with Crippen LogP contribution < -0.4 is 5.32 Å². The minimum absolute atomic E-state index is 0.365. The predicted molar refractivity (Wildman–Crippen MR) is 66.0 cm³/mol. The Morgan fingerprint density at radius 3 is 2.73 bits per heavy atom. The Bertz CT molecular complexity index is 234. The maximum absolute atomic E-state index is 3.80. The lowest BCUT2D eigenvalue weighted by molar-refractivity contribution is 0.315. The van der Waals surface area contributed by atoms with Gasteiger partial charge in [-0.05, 0) is 51.0 Å². The van der Waals surface area contributed by atoms with Gasteiger partial charge in [0.15, 0.2) is 0 Å². The van der Waals surface area contributed by atoms with Crippen LogP contribution in [0.3, 0.4) is 0 Å². The highest BCUT2D eigenvalue weighted by Crippen LogP contribution is 2.38. The molecule has 1 fully saturated rings. The predicted octanol–water partition coefficient (Wildman–Crippen LogP) is 3.66. The number of allylic oxidation sites excluding steroid dienone is 1. The molecule has 1 heterocycles. The lowest BCUT2D eigenvalue weighted by Crippen LogP contribution is -2.46. The molecule has 1 nitrogen and oxygen atoms in total. The van der Waals surface area contributed by atoms with E-state index < -0.39 is 0 Å². The fraction of sp³-hybridized carbons (Fsp3) is 0.857. The molecular weight excluding hydrogens is 182 g/mol. The largest absolute Gasteiger partial charge is 0.307 e. The van der Waals surface area contributed by atoms with Crippen LogP contribution in [0.1, 0.15) is 58.8 Å². The van der Waals surface area contributed by atoms with Gasteiger partial charge < -0.3 is 5.32 Å². The summed E-state index contributed by atoms with van der Waals surface area (Å²) in [4.78, 5) is 0. The summed E-state index contributed by atoms with van der Waals surface area (Å²) >= 11 is 0. The van der Waals surface area contributed by atoms with E-state index in [2.05, 4.69) is 25.2 Å². The highest BCUT2D eigenvalue weighted by atomic mass is 15.0. The van der Waals surface area contributed by atoms with Gasteiger partial charge in [-0.3, -0.25) is 0 Å². The summed E-state index contributed by atoms with van der Waals surface area (Å²) in [6.45, 7) is 5.98. The molecule has 15 heavy (non-hydrogen) atoms. The first-order chi connectivity index (χ1) is 7.26. The van der Waals surface area contributed by atoms with Crippen LogP contribution in [0.25, 0.3) is 0 Å². The third-order valence-corrected chi connectivity index (χ3v) is 4.29. The molecule has 2 aliphatic rings. The Labute approximate surface area is 94.3 Å². The van der Waals surface area contributed by atoms with Crippen molar-refractivity contribution >= 4 is 0 Å². The molecular formula is C14H25N. The van der Waals surface area contributed by atoms with Crippen LogP contribution in [-0.2, 0) is 0 Å². The van der Waals surface area contributed by atoms with E-state index in [1.54, 1.807) is 5.57 Å². The fourth-order valence-electron chi connectivity index (χ4n) is 3.32. The van der Waals surface area contributed by atoms with E-state index in [4.69, 9.17) is 0 Å². The van der Waals surface area contributed by atoms with Gasteiger partial charge in [0.25, 0.3) is 0 Å². The molecule has 0 bridgehead atoms. The van der Waals surface area contributed by atoms with Crippen LogP contribution in [0.2, 0.25) is 0 Å². The maximum Gasteiger partial charge on any atom is 0.0417 e. The zero-order valence-corrected chi connectivity index (χ0v) is 10.3. The zero-order chi connectivity index (χ0) is 10.7. The second kappa shape index (κ2) is 4.69. The van der Waals surface area contributed by atoms with Crippen molar-refractivity contribution in [1.29, 1.82) is 0 Å². The normalized spacial score (nSPS) is 32.9. The van der Waals surface area contributed by atoms with Crippen LogP contribution in [0.4, 0.5) is 0 Å². The summed E-state index contributed by atoms with van der Waals surface area (Å²) in [5.74, 6) is 0.740. The van der Waals surface area contributed by atoms with Crippen molar-refractivity contribution in [1.82, 2.24) is 5.32 Å². The SMILES string of the molecule is CC(C)C1(C2=CCCCCC2)CCCN1. The summed E-state index contributed by atoms with van der Waals surface area (Å²) in [6.07, 6.45) is 12.1. The Morgan fingerprint density at radius 2 is 2.07 bits per heavy atom. The van der Waals surface area contributed by atoms with E-state index in [1.807, 2.05) is 0 Å². The van der Waals surface area contributed by atoms with E-state index in [-0.39, 0.29) is 0 Å². The second-order valence-corrected chi connectivity index (χ2v) is 5.49. The molecule has 2 rings (SSSR count). The Morgan fingerprint density at radius 1 is 1.20 bits per heavy atom. The molecule has 86 valence electrons. The van der Waals surface area contributed by atoms with E-state index >= 15 is 0 Å². The van der Waals surface area contributed by atoms with Crippen molar-refractivity contribution in [3.63, 3.8) is 0 Å². The molecule has 1 atom stereocenters. The summed E-state index contributed by atoms with van der Waals surface area (Å²) in [5.41, 5.74) is 2.09. The first-order valence-electron chi connectivity index (χ1n) is 6.70. The van der Waals surface area contributed by atoms with E-state index in [0.29, 0.717) is 5.54 Å². The van der Waals surface area contributed by atoms with Crippen molar-refractivity contribution in [3.05, 3.63) is 11.6 Å². The van der Waals surface area contributed by atoms with E-state index in [1.165, 1.54) is 51.5 Å². The van der Waals surface area contributed by atoms with Gasteiger partial charge >= 0.3 is 0 Å². The van der Waals surface area contributed by atoms with Crippen molar-refractivity contribution in [2.45, 2.75) is 64.3 Å². The van der Waals surface area contributed by atoms with Gasteiger partial charge in [0.2, 0.25) is 0 Å². The third kappa shape index (κ3) is 2.13. The Kier molecular flexibility index (Phi) is 3.50. The molecule has 0 aromatic carbocycles. The molecule has 0 amide bonds. The van der Waals surface area contributed by atoms with Gasteiger partial charge in [0, 0.05) is 5.54 Å². The van der Waals surface area contributed by atoms with Crippen LogP contribution in [-0.4, -0.2) is 12.1 Å². The number of rotatable bonds is 2. The van der Waals surface area contributed by atoms with E-state index in [9.17, 15) is 0 Å². The average Bonchev–Trinajstić information content (AvgIpc) is 2.56. The molecule has 0 aromatic rings. The minimum atomic E-state index is 0.365. The van der Waals surface area contributed by atoms with Gasteiger partial charge in [-0.15, -0.1) is 0 Å². The molecule has 1 aliphatic carbocycles. The van der Waals surface area contributed by atoms with Crippen LogP contribution in [0.5, 0.6) is 0 Å². The maximum atomic E-state index is 3.80. The summed E-state index contributed by atoms with van der Waals surface area (Å²) in [7, 11) is 0. The molecule has 0 aromatic heterocycles. The highest BCUT2D eigenvalue weighted by Gasteiger charge is 2.39. The molecule has 0 saturated carbocycles. The monoisotopic (exact) mass is 207 g/mol. The molecule has 1 unspecified atom stereocenters. The number of nitrogens with one attached hydrogen (secondary N) is 1. The first kappa shape index (κ1) is 11.2. The first-order valence-corrected chi connectivity index (χ1v) is 6.70. The molecule has 1 heteroatoms. The van der Waals surface area contributed by atoms with Gasteiger partial charge in [-0.2, -0.15) is 0 Å². The van der Waals surface area contributed by atoms with Crippen LogP contribution >= 0.6 is 0 Å². The lowest BCUT2D eigenvalue weighted by atomic mass is 9.76. The molecule has 0 radical (unpaired) electrons. The number of hydrogen-bond acceptors (Lipinski definition) is 1. The number of hydrogen-bond donors (Lipinski definition) is 1. The topological polar surface area (TPSA) is 12.0 Å². The quantitative estimate of drug-likeness (QED) is 0.681. The van der Waals surface area contributed by atoms with Gasteiger partial charge in [-0.1, -0.05) is 31.9 Å². The Hall–Kier alpha value is -0.300. The van der Waals surface area contributed by atoms with E-state index in [0.717, 1.165) is 5.92 Å². The van der Waals surface area contributed by atoms with Crippen LogP contribution in [0.15, 0.2) is 11.6 Å². The standard InChI is InChI=1S/C14H25N/c1-12(2)14(10-7-11-15-14)13-8-5-3-4-6-9-13/h8,12,15H,3-7,9-11H2,1-2H3. The Balaban J connectivity index is 2.19. The average molecular weight is 207 g/mol. The summed E-state index contributed by atoms with van der Waals surface area (Å²) in [5, 5.41) is 3.80. The van der Waals surface area contributed by atoms with Gasteiger partial charge in [0.1, 0.15) is 0 Å². The van der Waals surface area contributed by atoms with Crippen molar-refractivity contribution in [3.8, 4) is 0 Å². The minimum Gasteiger partial charge on any atom is -0.307 e. The molecule has 1 aliphatic heterocycles. The zero-order valence-electron chi connectivity index (χ0n) is 10.3. The lowest BCUT2D eigenvalue weighted by Gasteiger charge is -2.37. The smallest absolute Gasteiger partial charge is 0.0417 e. The van der Waals surface area contributed by atoms with Gasteiger partial charge in [0.05, 0.1) is 0 Å². The third-order valence-electron chi connectivity index (χ3n) is 4.29. The summed E-state index contributed by atoms with van der Waals surface area (Å²) in [6, 6.07) is 0. The highest BCUT2D eigenvalue weighted by molar-refractivity contribution is 5.24. The molecule has 1 N–H and O–H groups in total.